The van der Waals surface area contributed by atoms with Crippen molar-refractivity contribution in [1.29, 1.82) is 0 Å². The molecule has 0 saturated heterocycles. The first-order valence-corrected chi connectivity index (χ1v) is 10.4. The zero-order valence-corrected chi connectivity index (χ0v) is 19.6. The number of primary amides is 1. The molecule has 0 radical (unpaired) electrons. The van der Waals surface area contributed by atoms with Crippen molar-refractivity contribution in [3.63, 3.8) is 0 Å². The van der Waals surface area contributed by atoms with Crippen molar-refractivity contribution in [3.05, 3.63) is 59.7 Å². The predicted octanol–water partition coefficient (Wildman–Crippen LogP) is 3.94. The van der Waals surface area contributed by atoms with Crippen LogP contribution in [0.4, 0.5) is 16.2 Å². The van der Waals surface area contributed by atoms with E-state index in [1.54, 1.807) is 57.2 Å². The molecule has 0 unspecified atom stereocenters. The second kappa shape index (κ2) is 9.80. The molecule has 0 bridgehead atoms. The summed E-state index contributed by atoms with van der Waals surface area (Å²) in [4.78, 5) is 37.7. The number of benzene rings is 3. The monoisotopic (exact) mass is 467 g/mol. The van der Waals surface area contributed by atoms with Gasteiger partial charge in [0.2, 0.25) is 0 Å². The highest BCUT2D eigenvalue weighted by atomic mass is 16.6. The van der Waals surface area contributed by atoms with Crippen LogP contribution in [0.1, 0.15) is 41.5 Å². The second-order valence-corrected chi connectivity index (χ2v) is 8.42. The summed E-state index contributed by atoms with van der Waals surface area (Å²) in [5, 5.41) is 14.8. The first-order valence-electron chi connectivity index (χ1n) is 10.4. The Balaban J connectivity index is 2.13. The Morgan fingerprint density at radius 1 is 0.941 bits per heavy atom. The number of rotatable bonds is 6. The fourth-order valence-corrected chi connectivity index (χ4v) is 3.52. The number of methoxy groups -OCH3 is 2. The number of para-hydroxylation sites is 1. The number of anilines is 1. The minimum atomic E-state index is -1.20. The van der Waals surface area contributed by atoms with E-state index < -0.39 is 23.6 Å². The van der Waals surface area contributed by atoms with E-state index in [0.29, 0.717) is 10.8 Å². The van der Waals surface area contributed by atoms with Crippen molar-refractivity contribution >= 4 is 40.1 Å². The molecule has 0 aliphatic heterocycles. The quantitative estimate of drug-likeness (QED) is 0.469. The minimum absolute atomic E-state index is 0.0837. The number of aromatic carboxylic acids is 1. The van der Waals surface area contributed by atoms with Gasteiger partial charge in [-0.1, -0.05) is 30.3 Å². The van der Waals surface area contributed by atoms with Crippen molar-refractivity contribution in [2.45, 2.75) is 26.4 Å². The maximum absolute atomic E-state index is 13.4. The molecule has 0 heterocycles. The van der Waals surface area contributed by atoms with E-state index >= 15 is 0 Å². The van der Waals surface area contributed by atoms with Crippen molar-refractivity contribution < 1.29 is 39.0 Å². The zero-order valence-electron chi connectivity index (χ0n) is 19.6. The van der Waals surface area contributed by atoms with Gasteiger partial charge in [0.25, 0.3) is 0 Å². The number of hydrogen-bond donors (Lipinski definition) is 3. The number of carboxylic acids is 1. The summed E-state index contributed by atoms with van der Waals surface area (Å²) in [6.45, 7) is 5.22. The molecule has 9 heteroatoms. The Labute approximate surface area is 196 Å². The standard InChI is InChI=1S/C25H26N2O7/c1-25(2,3)34-24(31)27-20-15-10-7-6-9-14(15)13-17(21(20)33-5)22(28)26-19-16(23(29)30)11-8-12-18(19)32-4/h6-13H,1-5H3,(H,26,28)(H,27,31)(H,29,30)/p+1. The third-order valence-electron chi connectivity index (χ3n) is 4.89. The first kappa shape index (κ1) is 24.5. The van der Waals surface area contributed by atoms with Crippen LogP contribution in [0.15, 0.2) is 48.5 Å². The van der Waals surface area contributed by atoms with Crippen molar-refractivity contribution in [2.24, 2.45) is 0 Å². The van der Waals surface area contributed by atoms with Crippen LogP contribution in [0, 0.1) is 0 Å². The molecule has 2 amide bonds. The third-order valence-corrected chi connectivity index (χ3v) is 4.89. The molecular weight excluding hydrogens is 440 g/mol. The molecule has 34 heavy (non-hydrogen) atoms. The fourth-order valence-electron chi connectivity index (χ4n) is 3.52. The van der Waals surface area contributed by atoms with Crippen molar-refractivity contribution in [2.75, 3.05) is 19.5 Å². The van der Waals surface area contributed by atoms with E-state index in [4.69, 9.17) is 14.2 Å². The highest BCUT2D eigenvalue weighted by Crippen LogP contribution is 2.37. The van der Waals surface area contributed by atoms with Crippen LogP contribution in [0.2, 0.25) is 0 Å². The molecule has 178 valence electrons. The van der Waals surface area contributed by atoms with Crippen LogP contribution in [0.3, 0.4) is 0 Å². The summed E-state index contributed by atoms with van der Waals surface area (Å²) in [5.41, 5.74) is -0.288. The highest BCUT2D eigenvalue weighted by Gasteiger charge is 2.28. The lowest BCUT2D eigenvalue weighted by molar-refractivity contribution is -0.465. The van der Waals surface area contributed by atoms with Gasteiger partial charge in [-0.3, -0.25) is 5.32 Å². The average Bonchev–Trinajstić information content (AvgIpc) is 2.77. The van der Waals surface area contributed by atoms with E-state index in [2.05, 4.69) is 5.32 Å². The van der Waals surface area contributed by atoms with Gasteiger partial charge in [0.1, 0.15) is 16.7 Å². The van der Waals surface area contributed by atoms with Gasteiger partial charge < -0.3 is 19.3 Å². The normalized spacial score (nSPS) is 11.1. The summed E-state index contributed by atoms with van der Waals surface area (Å²) in [5.74, 6) is -1.37. The van der Waals surface area contributed by atoms with Gasteiger partial charge in [0, 0.05) is 5.39 Å². The van der Waals surface area contributed by atoms with Crippen LogP contribution in [0.25, 0.3) is 10.8 Å². The average molecular weight is 467 g/mol. The van der Waals surface area contributed by atoms with Crippen LogP contribution >= 0.6 is 0 Å². The number of ether oxygens (including phenoxy) is 3. The molecule has 3 rings (SSSR count). The van der Waals surface area contributed by atoms with E-state index in [-0.39, 0.29) is 34.0 Å². The van der Waals surface area contributed by atoms with Gasteiger partial charge in [-0.25, -0.2) is 19.7 Å². The molecule has 3 aromatic carbocycles. The van der Waals surface area contributed by atoms with E-state index in [0.717, 1.165) is 0 Å². The first-order chi connectivity index (χ1) is 16.1. The molecule has 0 atom stereocenters. The van der Waals surface area contributed by atoms with Crippen molar-refractivity contribution in [1.82, 2.24) is 0 Å². The van der Waals surface area contributed by atoms with Crippen molar-refractivity contribution in [3.8, 4) is 11.5 Å². The molecule has 0 spiro atoms. The number of carboxylic acid groups (broad SMARTS) is 1. The van der Waals surface area contributed by atoms with Crippen LogP contribution < -0.4 is 20.1 Å². The molecule has 0 fully saturated rings. The van der Waals surface area contributed by atoms with Crippen LogP contribution in [-0.4, -0.2) is 42.9 Å². The van der Waals surface area contributed by atoms with E-state index in [1.807, 2.05) is 0 Å². The maximum Gasteiger partial charge on any atom is 0.412 e. The molecule has 3 aromatic rings. The molecule has 0 saturated carbocycles. The number of fused-ring (bicyclic) bond motifs is 1. The predicted molar refractivity (Wildman–Crippen MR) is 126 cm³/mol. The van der Waals surface area contributed by atoms with Gasteiger partial charge in [0.05, 0.1) is 19.9 Å². The van der Waals surface area contributed by atoms with Gasteiger partial charge in [-0.15, -0.1) is 0 Å². The Morgan fingerprint density at radius 2 is 1.65 bits per heavy atom. The Hall–Kier alpha value is -4.11. The maximum atomic E-state index is 13.4. The lowest BCUT2D eigenvalue weighted by atomic mass is 10.0. The van der Waals surface area contributed by atoms with Gasteiger partial charge in [0.15, 0.2) is 17.2 Å². The van der Waals surface area contributed by atoms with E-state index in [1.165, 1.54) is 31.7 Å². The molecule has 4 N–H and O–H groups in total. The summed E-state index contributed by atoms with van der Waals surface area (Å²) in [6, 6.07) is 13.3. The van der Waals surface area contributed by atoms with Gasteiger partial charge >= 0.3 is 18.0 Å². The number of quaternary nitrogens is 1. The second-order valence-electron chi connectivity index (χ2n) is 8.42. The van der Waals surface area contributed by atoms with Crippen LogP contribution in [-0.2, 0) is 4.74 Å². The summed E-state index contributed by atoms with van der Waals surface area (Å²) < 4.78 is 16.2. The smallest absolute Gasteiger partial charge is 0.412 e. The summed E-state index contributed by atoms with van der Waals surface area (Å²) in [6.07, 6.45) is -0.706. The molecular formula is C25H27N2O7+. The lowest BCUT2D eigenvalue weighted by Gasteiger charge is -2.21. The number of nitrogens with one attached hydrogen (secondary N) is 1. The van der Waals surface area contributed by atoms with Gasteiger partial charge in [-0.2, -0.15) is 0 Å². The molecule has 0 aromatic heterocycles. The zero-order chi connectivity index (χ0) is 25.0. The third kappa shape index (κ3) is 5.26. The SMILES string of the molecule is COc1cccc(C(=O)O)c1[NH2+]C(=O)c1cc2ccccc2c(NC(=O)OC(C)(C)C)c1OC. The number of hydrogen-bond acceptors (Lipinski definition) is 6. The molecule has 0 aliphatic rings. The molecule has 0 aliphatic carbocycles. The fraction of sp³-hybridized carbons (Fsp3) is 0.240. The van der Waals surface area contributed by atoms with Gasteiger partial charge in [-0.05, 0) is 44.4 Å². The largest absolute Gasteiger partial charge is 0.494 e. The van der Waals surface area contributed by atoms with Crippen LogP contribution in [0.5, 0.6) is 11.5 Å². The Kier molecular flexibility index (Phi) is 7.07. The highest BCUT2D eigenvalue weighted by molar-refractivity contribution is 6.09. The number of carbonyl (C=O) groups is 3. The topological polar surface area (TPSA) is 128 Å². The number of nitrogens with two attached hydrogens (primary N) is 1. The Morgan fingerprint density at radius 3 is 2.26 bits per heavy atom. The number of amides is 2. The Bertz CT molecular complexity index is 1260. The summed E-state index contributed by atoms with van der Waals surface area (Å²) in [7, 11) is 2.77. The summed E-state index contributed by atoms with van der Waals surface area (Å²) >= 11 is 0. The minimum Gasteiger partial charge on any atom is -0.494 e. The molecule has 9 nitrogen and oxygen atoms in total. The number of carbonyl (C=O) groups excluding carboxylic acids is 2. The lowest BCUT2D eigenvalue weighted by Crippen LogP contribution is -2.82. The van der Waals surface area contributed by atoms with E-state index in [9.17, 15) is 19.5 Å².